The van der Waals surface area contributed by atoms with E-state index in [1.54, 1.807) is 19.1 Å². The van der Waals surface area contributed by atoms with Gasteiger partial charge < -0.3 is 15.2 Å². The summed E-state index contributed by atoms with van der Waals surface area (Å²) in [5.41, 5.74) is 0. The van der Waals surface area contributed by atoms with Gasteiger partial charge in [-0.1, -0.05) is 6.07 Å². The van der Waals surface area contributed by atoms with Gasteiger partial charge in [-0.25, -0.2) is 9.78 Å². The summed E-state index contributed by atoms with van der Waals surface area (Å²) in [6, 6.07) is 4.31. The smallest absolute Gasteiger partial charge is 0.331 e. The molecule has 0 amide bonds. The van der Waals surface area contributed by atoms with Crippen molar-refractivity contribution in [2.75, 3.05) is 12.4 Å². The zero-order valence-corrected chi connectivity index (χ0v) is 11.3. The van der Waals surface area contributed by atoms with Crippen molar-refractivity contribution in [2.45, 2.75) is 13.0 Å². The molecule has 0 bridgehead atoms. The summed E-state index contributed by atoms with van der Waals surface area (Å²) in [5, 5.41) is 14.0. The number of thiophene rings is 1. The van der Waals surface area contributed by atoms with E-state index < -0.39 is 12.0 Å². The van der Waals surface area contributed by atoms with Crippen LogP contribution >= 0.6 is 11.3 Å². The van der Waals surface area contributed by atoms with Crippen LogP contribution in [0.5, 0.6) is 5.88 Å². The molecule has 2 aromatic heterocycles. The number of nitrogens with zero attached hydrogens (tertiary/aromatic N) is 2. The van der Waals surface area contributed by atoms with Crippen LogP contribution in [0.4, 0.5) is 5.82 Å². The Kier molecular flexibility index (Phi) is 3.96. The van der Waals surface area contributed by atoms with Crippen molar-refractivity contribution < 1.29 is 14.6 Å². The van der Waals surface area contributed by atoms with Gasteiger partial charge in [-0.2, -0.15) is 4.98 Å². The molecular weight excluding hydrogens is 266 g/mol. The first-order valence-corrected chi connectivity index (χ1v) is 6.40. The molecule has 0 saturated heterocycles. The lowest BCUT2D eigenvalue weighted by Crippen LogP contribution is -2.20. The molecule has 6 nitrogen and oxygen atoms in total. The maximum absolute atomic E-state index is 11.3. The minimum Gasteiger partial charge on any atom is -0.481 e. The zero-order valence-electron chi connectivity index (χ0n) is 10.5. The standard InChI is InChI=1S/C12H13N3O3S/c1-7-13-9(6-10(14-7)18-2)15-11(12(16)17)8-4-3-5-19-8/h3-6,11H,1-2H3,(H,16,17)(H,13,14,15). The molecule has 2 heterocycles. The van der Waals surface area contributed by atoms with Crippen molar-refractivity contribution in [3.8, 4) is 5.88 Å². The predicted molar refractivity (Wildman–Crippen MR) is 71.6 cm³/mol. The minimum atomic E-state index is -0.960. The second-order valence-corrected chi connectivity index (χ2v) is 4.75. The fourth-order valence-corrected chi connectivity index (χ4v) is 2.34. The molecule has 2 N–H and O–H groups in total. The van der Waals surface area contributed by atoms with Gasteiger partial charge in [0.15, 0.2) is 6.04 Å². The third-order valence-corrected chi connectivity index (χ3v) is 3.33. The van der Waals surface area contributed by atoms with E-state index in [-0.39, 0.29) is 0 Å². The van der Waals surface area contributed by atoms with Gasteiger partial charge in [0.05, 0.1) is 7.11 Å². The summed E-state index contributed by atoms with van der Waals surface area (Å²) in [5.74, 6) is 0.366. The number of anilines is 1. The monoisotopic (exact) mass is 279 g/mol. The van der Waals surface area contributed by atoms with Crippen LogP contribution in [0.15, 0.2) is 23.6 Å². The number of aromatic nitrogens is 2. The Balaban J connectivity index is 2.27. The van der Waals surface area contributed by atoms with Crippen LogP contribution in [-0.2, 0) is 4.79 Å². The molecule has 0 aromatic carbocycles. The second-order valence-electron chi connectivity index (χ2n) is 3.77. The number of methoxy groups -OCH3 is 1. The first kappa shape index (κ1) is 13.3. The van der Waals surface area contributed by atoms with Gasteiger partial charge in [-0.05, 0) is 18.4 Å². The summed E-state index contributed by atoms with van der Waals surface area (Å²) in [6.07, 6.45) is 0. The van der Waals surface area contributed by atoms with Crippen molar-refractivity contribution in [1.82, 2.24) is 9.97 Å². The van der Waals surface area contributed by atoms with E-state index >= 15 is 0 Å². The third-order valence-electron chi connectivity index (χ3n) is 2.39. The van der Waals surface area contributed by atoms with E-state index in [0.29, 0.717) is 22.4 Å². The van der Waals surface area contributed by atoms with Gasteiger partial charge in [0.25, 0.3) is 0 Å². The van der Waals surface area contributed by atoms with Crippen molar-refractivity contribution in [3.05, 3.63) is 34.3 Å². The summed E-state index contributed by atoms with van der Waals surface area (Å²) in [6.45, 7) is 1.72. The van der Waals surface area contributed by atoms with Crippen LogP contribution in [-0.4, -0.2) is 28.2 Å². The van der Waals surface area contributed by atoms with Crippen LogP contribution < -0.4 is 10.1 Å². The van der Waals surface area contributed by atoms with Gasteiger partial charge in [0.1, 0.15) is 11.6 Å². The van der Waals surface area contributed by atoms with Crippen LogP contribution in [0, 0.1) is 6.92 Å². The van der Waals surface area contributed by atoms with Crippen LogP contribution in [0.1, 0.15) is 16.7 Å². The Morgan fingerprint density at radius 2 is 2.32 bits per heavy atom. The maximum atomic E-state index is 11.3. The molecule has 100 valence electrons. The molecule has 1 atom stereocenters. The van der Waals surface area contributed by atoms with E-state index in [4.69, 9.17) is 4.74 Å². The van der Waals surface area contributed by atoms with Crippen molar-refractivity contribution >= 4 is 23.1 Å². The highest BCUT2D eigenvalue weighted by atomic mass is 32.1. The topological polar surface area (TPSA) is 84.3 Å². The number of carboxylic acid groups (broad SMARTS) is 1. The molecule has 0 radical (unpaired) electrons. The van der Waals surface area contributed by atoms with Crippen molar-refractivity contribution in [2.24, 2.45) is 0 Å². The molecule has 19 heavy (non-hydrogen) atoms. The first-order chi connectivity index (χ1) is 9.10. The molecule has 1 unspecified atom stereocenters. The molecule has 0 saturated carbocycles. The summed E-state index contributed by atoms with van der Waals surface area (Å²) >= 11 is 1.37. The highest BCUT2D eigenvalue weighted by Crippen LogP contribution is 2.24. The number of rotatable bonds is 5. The van der Waals surface area contributed by atoms with Crippen molar-refractivity contribution in [1.29, 1.82) is 0 Å². The Morgan fingerprint density at radius 1 is 1.53 bits per heavy atom. The summed E-state index contributed by atoms with van der Waals surface area (Å²) in [4.78, 5) is 20.2. The Morgan fingerprint density at radius 3 is 2.89 bits per heavy atom. The number of carbonyl (C=O) groups is 1. The number of hydrogen-bond donors (Lipinski definition) is 2. The molecule has 0 aliphatic rings. The van der Waals surface area contributed by atoms with E-state index in [1.165, 1.54) is 18.4 Å². The molecular formula is C12H13N3O3S. The zero-order chi connectivity index (χ0) is 13.8. The van der Waals surface area contributed by atoms with Crippen LogP contribution in [0.25, 0.3) is 0 Å². The van der Waals surface area contributed by atoms with Crippen LogP contribution in [0.2, 0.25) is 0 Å². The van der Waals surface area contributed by atoms with E-state index in [9.17, 15) is 9.90 Å². The van der Waals surface area contributed by atoms with E-state index in [0.717, 1.165) is 0 Å². The lowest BCUT2D eigenvalue weighted by atomic mass is 10.2. The molecule has 2 aromatic rings. The van der Waals surface area contributed by atoms with Crippen molar-refractivity contribution in [3.63, 3.8) is 0 Å². The van der Waals surface area contributed by atoms with E-state index in [1.807, 2.05) is 11.4 Å². The first-order valence-electron chi connectivity index (χ1n) is 5.52. The predicted octanol–water partition coefficient (Wildman–Crippen LogP) is 2.09. The molecule has 2 rings (SSSR count). The fourth-order valence-electron chi connectivity index (χ4n) is 1.58. The van der Waals surface area contributed by atoms with E-state index in [2.05, 4.69) is 15.3 Å². The molecule has 7 heteroatoms. The molecule has 0 aliphatic heterocycles. The lowest BCUT2D eigenvalue weighted by molar-refractivity contribution is -0.138. The van der Waals surface area contributed by atoms with Crippen LogP contribution in [0.3, 0.4) is 0 Å². The third kappa shape index (κ3) is 3.19. The second kappa shape index (κ2) is 5.66. The highest BCUT2D eigenvalue weighted by molar-refractivity contribution is 7.10. The normalized spacial score (nSPS) is 11.9. The SMILES string of the molecule is COc1cc(NC(C(=O)O)c2cccs2)nc(C)n1. The number of ether oxygens (including phenoxy) is 1. The van der Waals surface area contributed by atoms with Gasteiger partial charge in [0, 0.05) is 10.9 Å². The Hall–Kier alpha value is -2.15. The lowest BCUT2D eigenvalue weighted by Gasteiger charge is -2.14. The largest absolute Gasteiger partial charge is 0.481 e. The fraction of sp³-hybridized carbons (Fsp3) is 0.250. The Bertz CT molecular complexity index is 572. The number of aliphatic carboxylic acids is 1. The molecule has 0 fully saturated rings. The van der Waals surface area contributed by atoms with Gasteiger partial charge in [-0.3, -0.25) is 0 Å². The quantitative estimate of drug-likeness (QED) is 0.872. The maximum Gasteiger partial charge on any atom is 0.331 e. The number of aryl methyl sites for hydroxylation is 1. The summed E-state index contributed by atoms with van der Waals surface area (Å²) < 4.78 is 5.03. The van der Waals surface area contributed by atoms with Gasteiger partial charge in [0.2, 0.25) is 5.88 Å². The highest BCUT2D eigenvalue weighted by Gasteiger charge is 2.21. The molecule has 0 spiro atoms. The summed E-state index contributed by atoms with van der Waals surface area (Å²) in [7, 11) is 1.50. The number of hydrogen-bond acceptors (Lipinski definition) is 6. The number of nitrogens with one attached hydrogen (secondary N) is 1. The van der Waals surface area contributed by atoms with Gasteiger partial charge in [-0.15, -0.1) is 11.3 Å². The minimum absolute atomic E-state index is 0.394. The average molecular weight is 279 g/mol. The van der Waals surface area contributed by atoms with Gasteiger partial charge >= 0.3 is 5.97 Å². The number of carboxylic acids is 1. The average Bonchev–Trinajstić information content (AvgIpc) is 2.88. The molecule has 0 aliphatic carbocycles. The Labute approximate surface area is 114 Å².